The van der Waals surface area contributed by atoms with Gasteiger partial charge in [-0.15, -0.1) is 0 Å². The highest BCUT2D eigenvalue weighted by molar-refractivity contribution is 5.94. The van der Waals surface area contributed by atoms with Crippen LogP contribution in [0.2, 0.25) is 0 Å². The molecule has 130 valence electrons. The number of rotatable bonds is 4. The lowest BCUT2D eigenvalue weighted by atomic mass is 10.2. The maximum Gasteiger partial charge on any atom is 0.260 e. The van der Waals surface area contributed by atoms with Crippen LogP contribution >= 0.6 is 0 Å². The fourth-order valence-corrected chi connectivity index (χ4v) is 2.62. The molecule has 6 nitrogen and oxygen atoms in total. The zero-order valence-electron chi connectivity index (χ0n) is 13.6. The second-order valence-corrected chi connectivity index (χ2v) is 5.66. The smallest absolute Gasteiger partial charge is 0.260 e. The van der Waals surface area contributed by atoms with Gasteiger partial charge in [-0.25, -0.2) is 4.39 Å². The first kappa shape index (κ1) is 16.9. The molecule has 2 heterocycles. The molecule has 0 aliphatic carbocycles. The van der Waals surface area contributed by atoms with Crippen molar-refractivity contribution in [2.75, 3.05) is 32.8 Å². The van der Waals surface area contributed by atoms with Gasteiger partial charge in [0.2, 0.25) is 0 Å². The number of halogens is 1. The molecular formula is C18H18FN3O3. The van der Waals surface area contributed by atoms with Gasteiger partial charge < -0.3 is 14.5 Å². The average molecular weight is 343 g/mol. The van der Waals surface area contributed by atoms with Gasteiger partial charge in [-0.3, -0.25) is 14.6 Å². The van der Waals surface area contributed by atoms with E-state index in [1.54, 1.807) is 34.2 Å². The van der Waals surface area contributed by atoms with Crippen molar-refractivity contribution in [1.82, 2.24) is 14.8 Å². The van der Waals surface area contributed by atoms with Gasteiger partial charge in [0.15, 0.2) is 6.61 Å². The molecule has 0 bridgehead atoms. The van der Waals surface area contributed by atoms with E-state index in [0.29, 0.717) is 37.5 Å². The van der Waals surface area contributed by atoms with Gasteiger partial charge in [-0.1, -0.05) is 6.07 Å². The van der Waals surface area contributed by atoms with Gasteiger partial charge in [0, 0.05) is 44.6 Å². The minimum atomic E-state index is -0.410. The fraction of sp³-hybridized carbons (Fsp3) is 0.278. The molecule has 2 amide bonds. The van der Waals surface area contributed by atoms with Crippen LogP contribution in [0, 0.1) is 5.82 Å². The fourth-order valence-electron chi connectivity index (χ4n) is 2.62. The molecular weight excluding hydrogens is 325 g/mol. The van der Waals surface area contributed by atoms with E-state index in [1.807, 2.05) is 0 Å². The molecule has 1 aliphatic rings. The van der Waals surface area contributed by atoms with Crippen LogP contribution in [0.25, 0.3) is 0 Å². The molecule has 0 atom stereocenters. The first-order valence-electron chi connectivity index (χ1n) is 7.99. The lowest BCUT2D eigenvalue weighted by molar-refractivity contribution is -0.134. The SMILES string of the molecule is O=C(COc1cccc(F)c1)N1CCN(C(=O)c2cccnc2)CC1. The van der Waals surface area contributed by atoms with E-state index in [2.05, 4.69) is 4.98 Å². The number of pyridine rings is 1. The molecule has 1 aromatic heterocycles. The molecule has 7 heteroatoms. The largest absolute Gasteiger partial charge is 0.484 e. The Labute approximate surface area is 144 Å². The van der Waals surface area contributed by atoms with Gasteiger partial charge in [0.1, 0.15) is 11.6 Å². The van der Waals surface area contributed by atoms with Crippen LogP contribution in [-0.4, -0.2) is 59.4 Å². The van der Waals surface area contributed by atoms with E-state index in [4.69, 9.17) is 4.74 Å². The summed E-state index contributed by atoms with van der Waals surface area (Å²) >= 11 is 0. The Balaban J connectivity index is 1.48. The van der Waals surface area contributed by atoms with Crippen molar-refractivity contribution >= 4 is 11.8 Å². The van der Waals surface area contributed by atoms with Crippen LogP contribution in [0.4, 0.5) is 4.39 Å². The summed E-state index contributed by atoms with van der Waals surface area (Å²) in [7, 11) is 0. The second kappa shape index (κ2) is 7.74. The topological polar surface area (TPSA) is 62.7 Å². The zero-order valence-corrected chi connectivity index (χ0v) is 13.6. The number of amides is 2. The summed E-state index contributed by atoms with van der Waals surface area (Å²) in [5, 5.41) is 0. The Morgan fingerprint density at radius 3 is 2.52 bits per heavy atom. The molecule has 0 radical (unpaired) electrons. The highest BCUT2D eigenvalue weighted by Gasteiger charge is 2.25. The summed E-state index contributed by atoms with van der Waals surface area (Å²) in [5.74, 6) is -0.361. The first-order valence-corrected chi connectivity index (χ1v) is 7.99. The number of hydrogen-bond donors (Lipinski definition) is 0. The predicted molar refractivity (Wildman–Crippen MR) is 88.6 cm³/mol. The molecule has 2 aromatic rings. The van der Waals surface area contributed by atoms with E-state index in [1.165, 1.54) is 24.4 Å². The Morgan fingerprint density at radius 2 is 1.84 bits per heavy atom. The Morgan fingerprint density at radius 1 is 1.08 bits per heavy atom. The predicted octanol–water partition coefficient (Wildman–Crippen LogP) is 1.58. The lowest BCUT2D eigenvalue weighted by Gasteiger charge is -2.34. The van der Waals surface area contributed by atoms with Gasteiger partial charge in [-0.2, -0.15) is 0 Å². The number of hydrogen-bond acceptors (Lipinski definition) is 4. The summed E-state index contributed by atoms with van der Waals surface area (Å²) in [6.07, 6.45) is 3.15. The highest BCUT2D eigenvalue weighted by Crippen LogP contribution is 2.13. The van der Waals surface area contributed by atoms with Gasteiger partial charge in [0.25, 0.3) is 11.8 Å². The van der Waals surface area contributed by atoms with Gasteiger partial charge in [0.05, 0.1) is 5.56 Å². The highest BCUT2D eigenvalue weighted by atomic mass is 19.1. The quantitative estimate of drug-likeness (QED) is 0.846. The second-order valence-electron chi connectivity index (χ2n) is 5.66. The number of benzene rings is 1. The first-order chi connectivity index (χ1) is 12.1. The monoisotopic (exact) mass is 343 g/mol. The van der Waals surface area contributed by atoms with Crippen LogP contribution in [0.15, 0.2) is 48.8 Å². The number of nitrogens with zero attached hydrogens (tertiary/aromatic N) is 3. The number of carbonyl (C=O) groups excluding carboxylic acids is 2. The average Bonchev–Trinajstić information content (AvgIpc) is 2.66. The minimum Gasteiger partial charge on any atom is -0.484 e. The van der Waals surface area contributed by atoms with Crippen LogP contribution in [-0.2, 0) is 4.79 Å². The van der Waals surface area contributed by atoms with Gasteiger partial charge in [-0.05, 0) is 24.3 Å². The van der Waals surface area contributed by atoms with Crippen molar-refractivity contribution < 1.29 is 18.7 Å². The normalized spacial score (nSPS) is 14.3. The third-order valence-electron chi connectivity index (χ3n) is 3.99. The van der Waals surface area contributed by atoms with Crippen LogP contribution in [0.1, 0.15) is 10.4 Å². The third-order valence-corrected chi connectivity index (χ3v) is 3.99. The molecule has 1 saturated heterocycles. The Bertz CT molecular complexity index is 746. The Kier molecular flexibility index (Phi) is 5.23. The molecule has 1 aromatic carbocycles. The number of aromatic nitrogens is 1. The van der Waals surface area contributed by atoms with E-state index in [9.17, 15) is 14.0 Å². The van der Waals surface area contributed by atoms with Crippen molar-refractivity contribution in [2.24, 2.45) is 0 Å². The van der Waals surface area contributed by atoms with Crippen LogP contribution < -0.4 is 4.74 Å². The van der Waals surface area contributed by atoms with E-state index in [0.717, 1.165) is 0 Å². The Hall–Kier alpha value is -2.96. The van der Waals surface area contributed by atoms with Crippen LogP contribution in [0.5, 0.6) is 5.75 Å². The van der Waals surface area contributed by atoms with Crippen molar-refractivity contribution in [3.63, 3.8) is 0 Å². The molecule has 1 fully saturated rings. The van der Waals surface area contributed by atoms with Crippen molar-refractivity contribution in [1.29, 1.82) is 0 Å². The van der Waals surface area contributed by atoms with E-state index < -0.39 is 5.82 Å². The maximum atomic E-state index is 13.1. The zero-order chi connectivity index (χ0) is 17.6. The maximum absolute atomic E-state index is 13.1. The van der Waals surface area contributed by atoms with Crippen molar-refractivity contribution in [3.8, 4) is 5.75 Å². The summed E-state index contributed by atoms with van der Waals surface area (Å²) in [4.78, 5) is 31.8. The molecule has 0 saturated carbocycles. The van der Waals surface area contributed by atoms with Gasteiger partial charge >= 0.3 is 0 Å². The minimum absolute atomic E-state index is 0.0868. The molecule has 25 heavy (non-hydrogen) atoms. The molecule has 1 aliphatic heterocycles. The number of carbonyl (C=O) groups is 2. The summed E-state index contributed by atoms with van der Waals surface area (Å²) in [6.45, 7) is 1.65. The number of piperazine rings is 1. The summed E-state index contributed by atoms with van der Waals surface area (Å²) in [5.41, 5.74) is 0.539. The standard InChI is InChI=1S/C18H18FN3O3/c19-15-4-1-5-16(11-15)25-13-17(23)21-7-9-22(10-8-21)18(24)14-3-2-6-20-12-14/h1-6,11-12H,7-10,13H2. The third kappa shape index (κ3) is 4.32. The lowest BCUT2D eigenvalue weighted by Crippen LogP contribution is -2.51. The summed E-state index contributed by atoms with van der Waals surface area (Å²) in [6, 6.07) is 9.11. The van der Waals surface area contributed by atoms with E-state index >= 15 is 0 Å². The van der Waals surface area contributed by atoms with E-state index in [-0.39, 0.29) is 18.4 Å². The molecule has 0 unspecified atom stereocenters. The summed E-state index contributed by atoms with van der Waals surface area (Å²) < 4.78 is 18.4. The molecule has 0 spiro atoms. The van der Waals surface area contributed by atoms with Crippen LogP contribution in [0.3, 0.4) is 0 Å². The molecule has 3 rings (SSSR count). The molecule has 0 N–H and O–H groups in total. The van der Waals surface area contributed by atoms with Crippen molar-refractivity contribution in [2.45, 2.75) is 0 Å². The van der Waals surface area contributed by atoms with Crippen molar-refractivity contribution in [3.05, 3.63) is 60.2 Å². The number of ether oxygens (including phenoxy) is 1.